The van der Waals surface area contributed by atoms with Crippen LogP contribution in [0.4, 0.5) is 0 Å². The summed E-state index contributed by atoms with van der Waals surface area (Å²) in [5, 5.41) is 0. The highest BCUT2D eigenvalue weighted by Gasteiger charge is 2.39. The molecule has 6 nitrogen and oxygen atoms in total. The average molecular weight is 343 g/mol. The molecule has 0 saturated carbocycles. The van der Waals surface area contributed by atoms with Crippen LogP contribution in [-0.2, 0) is 14.6 Å². The second kappa shape index (κ2) is 7.07. The molecule has 7 heteroatoms. The molecular weight excluding hydrogens is 314 g/mol. The van der Waals surface area contributed by atoms with Gasteiger partial charge in [-0.15, -0.1) is 0 Å². The van der Waals surface area contributed by atoms with Gasteiger partial charge in [0.05, 0.1) is 18.1 Å². The highest BCUT2D eigenvalue weighted by molar-refractivity contribution is 7.91. The Morgan fingerprint density at radius 2 is 1.65 bits per heavy atom. The van der Waals surface area contributed by atoms with E-state index in [-0.39, 0.29) is 17.4 Å². The molecular formula is C16H29N3O3S. The number of carbonyl (C=O) groups excluding carboxylic acids is 1. The Labute approximate surface area is 139 Å². The largest absolute Gasteiger partial charge is 0.337 e. The molecule has 3 fully saturated rings. The Morgan fingerprint density at radius 1 is 1.00 bits per heavy atom. The molecule has 0 radical (unpaired) electrons. The van der Waals surface area contributed by atoms with Gasteiger partial charge in [0.25, 0.3) is 0 Å². The average Bonchev–Trinajstić information content (AvgIpc) is 3.16. The third-order valence-corrected chi connectivity index (χ3v) is 7.29. The van der Waals surface area contributed by atoms with Crippen molar-refractivity contribution in [2.45, 2.75) is 44.7 Å². The van der Waals surface area contributed by atoms with Crippen molar-refractivity contribution in [3.63, 3.8) is 0 Å². The highest BCUT2D eigenvalue weighted by Crippen LogP contribution is 2.30. The van der Waals surface area contributed by atoms with Crippen LogP contribution in [0.25, 0.3) is 0 Å². The molecule has 3 rings (SSSR count). The maximum absolute atomic E-state index is 12.8. The van der Waals surface area contributed by atoms with Crippen LogP contribution in [0.3, 0.4) is 0 Å². The Morgan fingerprint density at radius 3 is 2.35 bits per heavy atom. The first kappa shape index (κ1) is 17.2. The van der Waals surface area contributed by atoms with Crippen molar-refractivity contribution in [3.05, 3.63) is 0 Å². The van der Waals surface area contributed by atoms with Gasteiger partial charge in [-0.1, -0.05) is 6.92 Å². The number of sulfone groups is 1. The smallest absolute Gasteiger partial charge is 0.237 e. The third kappa shape index (κ3) is 3.88. The van der Waals surface area contributed by atoms with Gasteiger partial charge in [-0.2, -0.15) is 0 Å². The van der Waals surface area contributed by atoms with Gasteiger partial charge >= 0.3 is 0 Å². The van der Waals surface area contributed by atoms with E-state index in [0.717, 1.165) is 32.5 Å². The van der Waals surface area contributed by atoms with E-state index in [9.17, 15) is 13.2 Å². The number of amides is 1. The molecule has 0 aromatic heterocycles. The first-order valence-corrected chi connectivity index (χ1v) is 10.8. The Hall–Kier alpha value is -0.660. The summed E-state index contributed by atoms with van der Waals surface area (Å²) in [6.07, 6.45) is 4.64. The lowest BCUT2D eigenvalue weighted by molar-refractivity contribution is -0.134. The number of likely N-dealkylation sites (N-methyl/N-ethyl adjacent to an activating group) is 1. The molecule has 3 aliphatic rings. The Balaban J connectivity index is 1.58. The van der Waals surface area contributed by atoms with E-state index in [1.54, 1.807) is 0 Å². The Kier molecular flexibility index (Phi) is 5.28. The zero-order valence-electron chi connectivity index (χ0n) is 14.1. The molecule has 0 unspecified atom stereocenters. The summed E-state index contributed by atoms with van der Waals surface area (Å²) < 4.78 is 23.0. The summed E-state index contributed by atoms with van der Waals surface area (Å²) in [6.45, 7) is 6.66. The lowest BCUT2D eigenvalue weighted by atomic mass is 10.0. The van der Waals surface area contributed by atoms with Crippen LogP contribution in [0.2, 0.25) is 0 Å². The highest BCUT2D eigenvalue weighted by atomic mass is 32.2. The minimum absolute atomic E-state index is 0.190. The van der Waals surface area contributed by atoms with Gasteiger partial charge in [0.15, 0.2) is 9.84 Å². The zero-order valence-corrected chi connectivity index (χ0v) is 14.9. The molecule has 0 bridgehead atoms. The van der Waals surface area contributed by atoms with Gasteiger partial charge in [0.2, 0.25) is 5.91 Å². The number of nitrogens with zero attached hydrogens (tertiary/aromatic N) is 3. The molecule has 3 aliphatic heterocycles. The molecule has 23 heavy (non-hydrogen) atoms. The van der Waals surface area contributed by atoms with Gasteiger partial charge in [-0.05, 0) is 38.8 Å². The van der Waals surface area contributed by atoms with Crippen LogP contribution < -0.4 is 0 Å². The summed E-state index contributed by atoms with van der Waals surface area (Å²) >= 11 is 0. The minimum Gasteiger partial charge on any atom is -0.337 e. The molecule has 1 amide bonds. The predicted molar refractivity (Wildman–Crippen MR) is 90.1 cm³/mol. The van der Waals surface area contributed by atoms with Crippen molar-refractivity contribution < 1.29 is 13.2 Å². The van der Waals surface area contributed by atoms with Crippen molar-refractivity contribution in [2.24, 2.45) is 0 Å². The third-order valence-electron chi connectivity index (χ3n) is 5.68. The fraction of sp³-hybridized carbons (Fsp3) is 0.938. The fourth-order valence-electron chi connectivity index (χ4n) is 4.37. The normalized spacial score (nSPS) is 32.5. The molecule has 0 N–H and O–H groups in total. The summed E-state index contributed by atoms with van der Waals surface area (Å²) in [7, 11) is -2.88. The number of hydrogen-bond acceptors (Lipinski definition) is 5. The molecule has 0 aromatic rings. The summed E-state index contributed by atoms with van der Waals surface area (Å²) in [5.74, 6) is 0.570. The molecule has 3 saturated heterocycles. The van der Waals surface area contributed by atoms with E-state index in [2.05, 4.69) is 16.7 Å². The van der Waals surface area contributed by atoms with Crippen molar-refractivity contribution in [3.8, 4) is 0 Å². The van der Waals surface area contributed by atoms with E-state index in [0.29, 0.717) is 31.7 Å². The zero-order chi connectivity index (χ0) is 16.4. The fourth-order valence-corrected chi connectivity index (χ4v) is 5.65. The topological polar surface area (TPSA) is 60.9 Å². The van der Waals surface area contributed by atoms with Crippen LogP contribution in [0.15, 0.2) is 0 Å². The van der Waals surface area contributed by atoms with Gasteiger partial charge in [-0.3, -0.25) is 14.6 Å². The van der Waals surface area contributed by atoms with Crippen molar-refractivity contribution >= 4 is 15.7 Å². The summed E-state index contributed by atoms with van der Waals surface area (Å²) in [4.78, 5) is 19.4. The molecule has 0 aliphatic carbocycles. The van der Waals surface area contributed by atoms with Crippen LogP contribution in [0.5, 0.6) is 0 Å². The van der Waals surface area contributed by atoms with Gasteiger partial charge in [-0.25, -0.2) is 8.42 Å². The van der Waals surface area contributed by atoms with Crippen LogP contribution in [-0.4, -0.2) is 91.9 Å². The standard InChI is InChI=1S/C16H29N3O3S/c1-2-18-7-3-5-14(18)15-6-4-8-19(15)16(20)13-17-9-11-23(21,22)12-10-17/h14-15H,2-13H2,1H3/t14-,15+/m1/s1. The first-order valence-electron chi connectivity index (χ1n) is 8.96. The van der Waals surface area contributed by atoms with E-state index in [1.807, 2.05) is 4.90 Å². The SMILES string of the molecule is CCN1CCC[C@@H]1[C@@H]1CCCN1C(=O)CN1CCS(=O)(=O)CC1. The summed E-state index contributed by atoms with van der Waals surface area (Å²) in [5.41, 5.74) is 0. The van der Waals surface area contributed by atoms with Crippen molar-refractivity contribution in [1.82, 2.24) is 14.7 Å². The first-order chi connectivity index (χ1) is 11.0. The van der Waals surface area contributed by atoms with E-state index >= 15 is 0 Å². The second-order valence-electron chi connectivity index (χ2n) is 7.06. The Bertz CT molecular complexity index is 523. The van der Waals surface area contributed by atoms with E-state index in [1.165, 1.54) is 12.8 Å². The quantitative estimate of drug-likeness (QED) is 0.729. The number of likely N-dealkylation sites (tertiary alicyclic amines) is 2. The minimum atomic E-state index is -2.88. The maximum Gasteiger partial charge on any atom is 0.237 e. The van der Waals surface area contributed by atoms with Crippen LogP contribution in [0.1, 0.15) is 32.6 Å². The number of rotatable bonds is 4. The van der Waals surface area contributed by atoms with Crippen LogP contribution in [0, 0.1) is 0 Å². The van der Waals surface area contributed by atoms with E-state index in [4.69, 9.17) is 0 Å². The monoisotopic (exact) mass is 343 g/mol. The number of carbonyl (C=O) groups is 1. The molecule has 3 heterocycles. The predicted octanol–water partition coefficient (Wildman–Crippen LogP) is 0.192. The lowest BCUT2D eigenvalue weighted by Crippen LogP contribution is -2.52. The summed E-state index contributed by atoms with van der Waals surface area (Å²) in [6, 6.07) is 0.881. The molecule has 2 atom stereocenters. The maximum atomic E-state index is 12.8. The van der Waals surface area contributed by atoms with E-state index < -0.39 is 9.84 Å². The van der Waals surface area contributed by atoms with Crippen LogP contribution >= 0.6 is 0 Å². The van der Waals surface area contributed by atoms with Gasteiger partial charge in [0, 0.05) is 31.7 Å². The van der Waals surface area contributed by atoms with Gasteiger partial charge in [0.1, 0.15) is 0 Å². The molecule has 0 spiro atoms. The lowest BCUT2D eigenvalue weighted by Gasteiger charge is -2.36. The second-order valence-corrected chi connectivity index (χ2v) is 9.37. The molecule has 132 valence electrons. The van der Waals surface area contributed by atoms with Gasteiger partial charge < -0.3 is 4.90 Å². The molecule has 0 aromatic carbocycles. The van der Waals surface area contributed by atoms with Crippen molar-refractivity contribution in [1.29, 1.82) is 0 Å². The van der Waals surface area contributed by atoms with Crippen molar-refractivity contribution in [2.75, 3.05) is 50.8 Å². The number of hydrogen-bond donors (Lipinski definition) is 0.